The number of para-hydroxylation sites is 1. The predicted molar refractivity (Wildman–Crippen MR) is 123 cm³/mol. The highest BCUT2D eigenvalue weighted by atomic mass is 16.2. The molecule has 5 rings (SSSR count). The van der Waals surface area contributed by atoms with Gasteiger partial charge in [0.2, 0.25) is 5.91 Å². The summed E-state index contributed by atoms with van der Waals surface area (Å²) < 4.78 is 1.92. The molecular formula is C25H26N6O. The summed E-state index contributed by atoms with van der Waals surface area (Å²) in [5.74, 6) is 1.29. The second-order valence-electron chi connectivity index (χ2n) is 8.28. The fourth-order valence-electron chi connectivity index (χ4n) is 4.52. The molecule has 0 radical (unpaired) electrons. The van der Waals surface area contributed by atoms with Crippen LogP contribution in [0.25, 0.3) is 22.0 Å². The summed E-state index contributed by atoms with van der Waals surface area (Å²) in [4.78, 5) is 28.2. The van der Waals surface area contributed by atoms with Gasteiger partial charge in [0.15, 0.2) is 0 Å². The molecule has 0 spiro atoms. The Bertz CT molecular complexity index is 1230. The number of hydrogen-bond donors (Lipinski definition) is 0. The number of amides is 1. The van der Waals surface area contributed by atoms with Crippen molar-refractivity contribution in [3.63, 3.8) is 0 Å². The molecule has 0 saturated carbocycles. The molecule has 0 atom stereocenters. The lowest BCUT2D eigenvalue weighted by Gasteiger charge is -2.32. The van der Waals surface area contributed by atoms with E-state index in [1.807, 2.05) is 65.3 Å². The van der Waals surface area contributed by atoms with Crippen molar-refractivity contribution >= 4 is 16.8 Å². The molecule has 0 N–H and O–H groups in total. The quantitative estimate of drug-likeness (QED) is 0.482. The number of likely N-dealkylation sites (tertiary alicyclic amines) is 1. The highest BCUT2D eigenvalue weighted by Crippen LogP contribution is 2.33. The van der Waals surface area contributed by atoms with Crippen LogP contribution in [0.5, 0.6) is 0 Å². The number of hydrogen-bond acceptors (Lipinski definition) is 5. The number of aryl methyl sites for hydroxylation is 2. The van der Waals surface area contributed by atoms with Crippen LogP contribution in [0, 0.1) is 6.92 Å². The Labute approximate surface area is 187 Å². The summed E-state index contributed by atoms with van der Waals surface area (Å²) in [5.41, 5.74) is 4.30. The number of rotatable bonds is 5. The van der Waals surface area contributed by atoms with Crippen molar-refractivity contribution < 1.29 is 4.79 Å². The van der Waals surface area contributed by atoms with E-state index in [9.17, 15) is 4.79 Å². The minimum Gasteiger partial charge on any atom is -0.343 e. The number of nitrogens with zero attached hydrogens (tertiary/aromatic N) is 6. The SMILES string of the molecule is Cc1ncc(-c2ccncc2)c(C2CCN(C(=O)CCn3ncc4ccccc43)CC2)n1. The maximum absolute atomic E-state index is 12.9. The number of pyridine rings is 1. The maximum atomic E-state index is 12.9. The van der Waals surface area contributed by atoms with E-state index < -0.39 is 0 Å². The lowest BCUT2D eigenvalue weighted by Crippen LogP contribution is -2.38. The van der Waals surface area contributed by atoms with Crippen LogP contribution in [0.2, 0.25) is 0 Å². The second-order valence-corrected chi connectivity index (χ2v) is 8.28. The minimum absolute atomic E-state index is 0.191. The first-order chi connectivity index (χ1) is 15.7. The average molecular weight is 427 g/mol. The van der Waals surface area contributed by atoms with Crippen molar-refractivity contribution in [2.24, 2.45) is 0 Å². The Kier molecular flexibility index (Phi) is 5.62. The van der Waals surface area contributed by atoms with E-state index in [1.165, 1.54) is 0 Å². The number of carbonyl (C=O) groups is 1. The first-order valence-electron chi connectivity index (χ1n) is 11.1. The molecule has 4 heterocycles. The summed E-state index contributed by atoms with van der Waals surface area (Å²) in [6.07, 6.45) is 9.64. The Morgan fingerprint density at radius 1 is 1.06 bits per heavy atom. The Balaban J connectivity index is 1.24. The summed E-state index contributed by atoms with van der Waals surface area (Å²) >= 11 is 0. The van der Waals surface area contributed by atoms with Crippen LogP contribution in [-0.4, -0.2) is 48.6 Å². The fraction of sp³-hybridized carbons (Fsp3) is 0.320. The standard InChI is InChI=1S/C25H26N6O/c1-18-27-17-22(19-6-11-26-12-7-19)25(29-18)20-8-13-30(14-9-20)24(32)10-15-31-23-5-3-2-4-21(23)16-28-31/h2-7,11-12,16-17,20H,8-10,13-15H2,1H3. The van der Waals surface area contributed by atoms with Gasteiger partial charge in [-0.05, 0) is 43.5 Å². The van der Waals surface area contributed by atoms with E-state index in [0.717, 1.165) is 59.5 Å². The molecule has 162 valence electrons. The number of carbonyl (C=O) groups excluding carboxylic acids is 1. The van der Waals surface area contributed by atoms with E-state index in [0.29, 0.717) is 18.9 Å². The van der Waals surface area contributed by atoms with Crippen molar-refractivity contribution in [3.05, 3.63) is 72.7 Å². The van der Waals surface area contributed by atoms with Gasteiger partial charge in [-0.3, -0.25) is 14.5 Å². The smallest absolute Gasteiger partial charge is 0.224 e. The predicted octanol–water partition coefficient (Wildman–Crippen LogP) is 3.99. The van der Waals surface area contributed by atoms with Crippen LogP contribution in [0.15, 0.2) is 61.2 Å². The summed E-state index contributed by atoms with van der Waals surface area (Å²) in [6, 6.07) is 12.1. The van der Waals surface area contributed by atoms with E-state index >= 15 is 0 Å². The third-order valence-corrected chi connectivity index (χ3v) is 6.25. The van der Waals surface area contributed by atoms with Crippen LogP contribution in [0.4, 0.5) is 0 Å². The van der Waals surface area contributed by atoms with Crippen molar-refractivity contribution in [2.75, 3.05) is 13.1 Å². The van der Waals surface area contributed by atoms with Gasteiger partial charge in [0, 0.05) is 55.0 Å². The molecular weight excluding hydrogens is 400 g/mol. The van der Waals surface area contributed by atoms with E-state index in [4.69, 9.17) is 4.98 Å². The van der Waals surface area contributed by atoms with Crippen molar-refractivity contribution in [2.45, 2.75) is 38.6 Å². The van der Waals surface area contributed by atoms with Crippen molar-refractivity contribution in [3.8, 4) is 11.1 Å². The van der Waals surface area contributed by atoms with Crippen LogP contribution in [0.3, 0.4) is 0 Å². The second kappa shape index (κ2) is 8.86. The molecule has 7 nitrogen and oxygen atoms in total. The zero-order valence-electron chi connectivity index (χ0n) is 18.2. The number of piperidine rings is 1. The summed E-state index contributed by atoms with van der Waals surface area (Å²) in [5, 5.41) is 5.54. The molecule has 1 aliphatic heterocycles. The van der Waals surface area contributed by atoms with Gasteiger partial charge in [-0.1, -0.05) is 18.2 Å². The lowest BCUT2D eigenvalue weighted by molar-refractivity contribution is -0.132. The fourth-order valence-corrected chi connectivity index (χ4v) is 4.52. The number of fused-ring (bicyclic) bond motifs is 1. The molecule has 1 aromatic carbocycles. The van der Waals surface area contributed by atoms with E-state index in [-0.39, 0.29) is 5.91 Å². The van der Waals surface area contributed by atoms with Crippen LogP contribution in [0.1, 0.15) is 36.7 Å². The van der Waals surface area contributed by atoms with E-state index in [2.05, 4.69) is 15.1 Å². The zero-order valence-corrected chi connectivity index (χ0v) is 18.2. The summed E-state index contributed by atoms with van der Waals surface area (Å²) in [6.45, 7) is 4.03. The normalized spacial score (nSPS) is 14.7. The lowest BCUT2D eigenvalue weighted by atomic mass is 9.89. The first-order valence-corrected chi connectivity index (χ1v) is 11.1. The Morgan fingerprint density at radius 2 is 1.84 bits per heavy atom. The molecule has 0 bridgehead atoms. The molecule has 1 amide bonds. The molecule has 0 unspecified atom stereocenters. The average Bonchev–Trinajstić information content (AvgIpc) is 3.26. The zero-order chi connectivity index (χ0) is 21.9. The third-order valence-electron chi connectivity index (χ3n) is 6.25. The first kappa shape index (κ1) is 20.3. The highest BCUT2D eigenvalue weighted by molar-refractivity contribution is 5.79. The molecule has 3 aromatic heterocycles. The van der Waals surface area contributed by atoms with Crippen molar-refractivity contribution in [1.29, 1.82) is 0 Å². The van der Waals surface area contributed by atoms with Gasteiger partial charge in [0.05, 0.1) is 24.0 Å². The molecule has 1 saturated heterocycles. The largest absolute Gasteiger partial charge is 0.343 e. The minimum atomic E-state index is 0.191. The molecule has 32 heavy (non-hydrogen) atoms. The Hall–Kier alpha value is -3.61. The van der Waals surface area contributed by atoms with Gasteiger partial charge in [0.1, 0.15) is 5.82 Å². The maximum Gasteiger partial charge on any atom is 0.224 e. The topological polar surface area (TPSA) is 76.8 Å². The van der Waals surface area contributed by atoms with Crippen LogP contribution < -0.4 is 0 Å². The number of benzene rings is 1. The third kappa shape index (κ3) is 4.10. The van der Waals surface area contributed by atoms with Crippen LogP contribution >= 0.6 is 0 Å². The van der Waals surface area contributed by atoms with Gasteiger partial charge < -0.3 is 4.90 Å². The van der Waals surface area contributed by atoms with E-state index in [1.54, 1.807) is 12.4 Å². The molecule has 4 aromatic rings. The molecule has 1 fully saturated rings. The van der Waals surface area contributed by atoms with Crippen molar-refractivity contribution in [1.82, 2.24) is 29.6 Å². The van der Waals surface area contributed by atoms with Gasteiger partial charge in [-0.25, -0.2) is 9.97 Å². The monoisotopic (exact) mass is 426 g/mol. The van der Waals surface area contributed by atoms with Gasteiger partial charge >= 0.3 is 0 Å². The van der Waals surface area contributed by atoms with Gasteiger partial charge in [0.25, 0.3) is 0 Å². The highest BCUT2D eigenvalue weighted by Gasteiger charge is 2.27. The Morgan fingerprint density at radius 3 is 2.66 bits per heavy atom. The molecule has 0 aliphatic carbocycles. The van der Waals surface area contributed by atoms with Crippen LogP contribution in [-0.2, 0) is 11.3 Å². The summed E-state index contributed by atoms with van der Waals surface area (Å²) in [7, 11) is 0. The van der Waals surface area contributed by atoms with Gasteiger partial charge in [-0.15, -0.1) is 0 Å². The molecule has 7 heteroatoms. The molecule has 1 aliphatic rings. The van der Waals surface area contributed by atoms with Gasteiger partial charge in [-0.2, -0.15) is 5.10 Å². The number of aromatic nitrogens is 5.